The molecule has 0 fully saturated rings. The first-order valence-corrected chi connectivity index (χ1v) is 2.58. The van der Waals surface area contributed by atoms with E-state index >= 15 is 0 Å². The molecule has 0 amide bonds. The van der Waals surface area contributed by atoms with Crippen LogP contribution < -0.4 is 0 Å². The number of hydrogen-bond acceptors (Lipinski definition) is 1. The smallest absolute Gasteiger partial charge is 0.0627 e. The summed E-state index contributed by atoms with van der Waals surface area (Å²) >= 11 is 10.4. The van der Waals surface area contributed by atoms with Crippen molar-refractivity contribution in [3.63, 3.8) is 0 Å². The maximum absolute atomic E-state index is 7.74. The van der Waals surface area contributed by atoms with Gasteiger partial charge in [0.1, 0.15) is 0 Å². The van der Waals surface area contributed by atoms with E-state index < -0.39 is 0 Å². The molecule has 0 aliphatic rings. The van der Waals surface area contributed by atoms with Gasteiger partial charge in [-0.2, -0.15) is 0 Å². The van der Waals surface area contributed by atoms with Crippen LogP contribution in [-0.2, 0) is 0 Å². The zero-order chi connectivity index (χ0) is 6.41. The Bertz CT molecular complexity index is 135. The summed E-state index contributed by atoms with van der Waals surface area (Å²) in [5.74, 6) is 0. The van der Waals surface area contributed by atoms with Crippen molar-refractivity contribution in [1.29, 1.82) is 0 Å². The van der Waals surface area contributed by atoms with Gasteiger partial charge in [0.15, 0.2) is 0 Å². The average Bonchev–Trinajstić information content (AvgIpc) is 1.83. The first-order chi connectivity index (χ1) is 3.81. The molecule has 0 radical (unpaired) electrons. The molecule has 0 saturated heterocycles. The van der Waals surface area contributed by atoms with Crippen molar-refractivity contribution in [1.82, 2.24) is 0 Å². The molecule has 44 valence electrons. The highest BCUT2D eigenvalue weighted by atomic mass is 35.5. The number of hydrogen-bond donors (Lipinski definition) is 0. The lowest BCUT2D eigenvalue weighted by Crippen LogP contribution is -1.72. The Morgan fingerprint density at radius 2 is 2.50 bits per heavy atom. The van der Waals surface area contributed by atoms with Crippen LogP contribution in [0.5, 0.6) is 0 Å². The number of halogens is 2. The molecule has 3 nitrogen and oxygen atoms in total. The van der Waals surface area contributed by atoms with Gasteiger partial charge in [0.05, 0.1) is 6.54 Å². The molecule has 0 bridgehead atoms. The molecular weight excluding hydrogens is 149 g/mol. The molecule has 0 rings (SSSR count). The minimum Gasteiger partial charge on any atom is -0.0917 e. The van der Waals surface area contributed by atoms with Crippen molar-refractivity contribution in [2.24, 2.45) is 5.11 Å². The van der Waals surface area contributed by atoms with E-state index in [1.807, 2.05) is 0 Å². The Morgan fingerprint density at radius 3 is 2.88 bits per heavy atom. The second kappa shape index (κ2) is 4.78. The summed E-state index contributed by atoms with van der Waals surface area (Å²) in [5, 5.41) is 3.48. The zero-order valence-electron chi connectivity index (χ0n) is 3.88. The molecule has 0 aromatic carbocycles. The minimum atomic E-state index is 0.127. The van der Waals surface area contributed by atoms with Gasteiger partial charge in [-0.1, -0.05) is 28.3 Å². The lowest BCUT2D eigenvalue weighted by atomic mass is 10.6. The van der Waals surface area contributed by atoms with Gasteiger partial charge in [0.2, 0.25) is 0 Å². The summed E-state index contributed by atoms with van der Waals surface area (Å²) in [6.45, 7) is 0.127. The quantitative estimate of drug-likeness (QED) is 0.331. The molecular formula is C3H3Cl2N3. The van der Waals surface area contributed by atoms with Crippen LogP contribution in [0.15, 0.2) is 15.7 Å². The summed E-state index contributed by atoms with van der Waals surface area (Å²) in [4.78, 5) is 2.46. The van der Waals surface area contributed by atoms with Crippen LogP contribution in [0, 0.1) is 0 Å². The minimum absolute atomic E-state index is 0.127. The van der Waals surface area contributed by atoms with Crippen molar-refractivity contribution in [3.8, 4) is 0 Å². The van der Waals surface area contributed by atoms with Crippen LogP contribution in [0.25, 0.3) is 10.4 Å². The molecule has 0 aliphatic carbocycles. The van der Waals surface area contributed by atoms with Crippen molar-refractivity contribution < 1.29 is 0 Å². The molecule has 0 spiro atoms. The molecule has 0 atom stereocenters. The summed E-state index contributed by atoms with van der Waals surface area (Å²) in [7, 11) is 0. The monoisotopic (exact) mass is 151 g/mol. The molecule has 0 heterocycles. The maximum Gasteiger partial charge on any atom is 0.0627 e. The van der Waals surface area contributed by atoms with Crippen molar-refractivity contribution in [3.05, 3.63) is 21.0 Å². The Balaban J connectivity index is 3.55. The maximum atomic E-state index is 7.74. The Morgan fingerprint density at radius 1 is 1.88 bits per heavy atom. The summed E-state index contributed by atoms with van der Waals surface area (Å²) in [5.41, 5.74) is 8.90. The molecule has 8 heavy (non-hydrogen) atoms. The van der Waals surface area contributed by atoms with Crippen molar-refractivity contribution in [2.45, 2.75) is 0 Å². The van der Waals surface area contributed by atoms with Gasteiger partial charge in [-0.15, -0.1) is 0 Å². The van der Waals surface area contributed by atoms with Crippen LogP contribution in [0.3, 0.4) is 0 Å². The van der Waals surface area contributed by atoms with E-state index in [2.05, 4.69) is 10.0 Å². The van der Waals surface area contributed by atoms with E-state index in [4.69, 9.17) is 28.7 Å². The van der Waals surface area contributed by atoms with E-state index in [1.54, 1.807) is 0 Å². The van der Waals surface area contributed by atoms with Crippen LogP contribution in [-0.4, -0.2) is 6.54 Å². The first-order valence-electron chi connectivity index (χ1n) is 1.77. The van der Waals surface area contributed by atoms with Gasteiger partial charge in [0.25, 0.3) is 0 Å². The highest BCUT2D eigenvalue weighted by Crippen LogP contribution is 2.02. The summed E-state index contributed by atoms with van der Waals surface area (Å²) in [6, 6.07) is 0. The molecule has 0 aliphatic heterocycles. The SMILES string of the molecule is [N-]=[N+]=NCC(Cl)=CCl. The molecule has 0 N–H and O–H groups in total. The lowest BCUT2D eigenvalue weighted by molar-refractivity contribution is 1.19. The predicted molar refractivity (Wildman–Crippen MR) is 33.8 cm³/mol. The normalized spacial score (nSPS) is 10.5. The van der Waals surface area contributed by atoms with Gasteiger partial charge < -0.3 is 0 Å². The Kier molecular flexibility index (Phi) is 4.56. The topological polar surface area (TPSA) is 48.8 Å². The highest BCUT2D eigenvalue weighted by Gasteiger charge is 1.83. The fraction of sp³-hybridized carbons (Fsp3) is 0.333. The lowest BCUT2D eigenvalue weighted by Gasteiger charge is -1.81. The average molecular weight is 152 g/mol. The molecule has 0 aromatic heterocycles. The van der Waals surface area contributed by atoms with E-state index in [0.29, 0.717) is 5.03 Å². The molecule has 0 unspecified atom stereocenters. The van der Waals surface area contributed by atoms with E-state index in [1.165, 1.54) is 0 Å². The van der Waals surface area contributed by atoms with Crippen molar-refractivity contribution >= 4 is 23.2 Å². The standard InChI is InChI=1S/C3H3Cl2N3/c4-1-3(5)2-7-8-6/h1H,2H2. The summed E-state index contributed by atoms with van der Waals surface area (Å²) in [6.07, 6.45) is 0. The third-order valence-corrected chi connectivity index (χ3v) is 1.01. The van der Waals surface area contributed by atoms with Gasteiger partial charge >= 0.3 is 0 Å². The molecule has 0 saturated carbocycles. The zero-order valence-corrected chi connectivity index (χ0v) is 5.39. The van der Waals surface area contributed by atoms with E-state index in [-0.39, 0.29) is 6.54 Å². The predicted octanol–water partition coefficient (Wildman–Crippen LogP) is 2.62. The third kappa shape index (κ3) is 3.81. The highest BCUT2D eigenvalue weighted by molar-refractivity contribution is 6.36. The number of nitrogens with zero attached hydrogens (tertiary/aromatic N) is 3. The Labute approximate surface area is 56.5 Å². The van der Waals surface area contributed by atoms with Gasteiger partial charge in [-0.25, -0.2) is 0 Å². The van der Waals surface area contributed by atoms with Crippen LogP contribution in [0.2, 0.25) is 0 Å². The fourth-order valence-corrected chi connectivity index (χ4v) is 0.256. The first kappa shape index (κ1) is 7.63. The number of rotatable bonds is 2. The fourth-order valence-electron chi connectivity index (χ4n) is 0.134. The number of azide groups is 1. The van der Waals surface area contributed by atoms with E-state index in [0.717, 1.165) is 5.54 Å². The van der Waals surface area contributed by atoms with Crippen LogP contribution >= 0.6 is 23.2 Å². The van der Waals surface area contributed by atoms with Gasteiger partial charge in [-0.05, 0) is 5.53 Å². The summed E-state index contributed by atoms with van der Waals surface area (Å²) < 4.78 is 0. The second-order valence-corrected chi connectivity index (χ2v) is 1.65. The largest absolute Gasteiger partial charge is 0.0917 e. The van der Waals surface area contributed by atoms with E-state index in [9.17, 15) is 0 Å². The third-order valence-electron chi connectivity index (χ3n) is 0.403. The molecule has 5 heteroatoms. The van der Waals surface area contributed by atoms with Gasteiger partial charge in [0, 0.05) is 15.5 Å². The van der Waals surface area contributed by atoms with Crippen molar-refractivity contribution in [2.75, 3.05) is 6.54 Å². The van der Waals surface area contributed by atoms with Gasteiger partial charge in [-0.3, -0.25) is 0 Å². The van der Waals surface area contributed by atoms with Crippen LogP contribution in [0.4, 0.5) is 0 Å². The molecule has 0 aromatic rings. The Hall–Kier alpha value is -0.370. The second-order valence-electron chi connectivity index (χ2n) is 0.945. The van der Waals surface area contributed by atoms with Crippen LogP contribution in [0.1, 0.15) is 0 Å².